The van der Waals surface area contributed by atoms with Crippen LogP contribution in [-0.4, -0.2) is 59.1 Å². The molecule has 0 saturated heterocycles. The maximum absolute atomic E-state index is 12.2. The summed E-state index contributed by atoms with van der Waals surface area (Å²) in [7, 11) is 0.665. The van der Waals surface area contributed by atoms with E-state index in [0.29, 0.717) is 12.4 Å². The van der Waals surface area contributed by atoms with Crippen LogP contribution in [0, 0.1) is 0 Å². The van der Waals surface area contributed by atoms with E-state index in [4.69, 9.17) is 15.2 Å². The van der Waals surface area contributed by atoms with Crippen LogP contribution < -0.4 is 15.8 Å². The van der Waals surface area contributed by atoms with Gasteiger partial charge in [-0.15, -0.1) is 0 Å². The predicted octanol–water partition coefficient (Wildman–Crippen LogP) is 0.248. The van der Waals surface area contributed by atoms with Gasteiger partial charge < -0.3 is 20.5 Å². The number of nitrogens with zero attached hydrogens (tertiary/aromatic N) is 1. The predicted molar refractivity (Wildman–Crippen MR) is 87.0 cm³/mol. The number of rotatable bonds is 8. The summed E-state index contributed by atoms with van der Waals surface area (Å²) < 4.78 is 35.7. The molecule has 1 atom stereocenters. The van der Waals surface area contributed by atoms with E-state index in [1.54, 1.807) is 6.92 Å². The highest BCUT2D eigenvalue weighted by atomic mass is 32.2. The quantitative estimate of drug-likeness (QED) is 0.698. The highest BCUT2D eigenvalue weighted by Crippen LogP contribution is 2.28. The van der Waals surface area contributed by atoms with E-state index in [1.807, 2.05) is 0 Å². The second-order valence-corrected chi connectivity index (χ2v) is 7.08. The third kappa shape index (κ3) is 4.90. The van der Waals surface area contributed by atoms with Gasteiger partial charge in [0.2, 0.25) is 15.9 Å². The molecule has 3 N–H and O–H groups in total. The van der Waals surface area contributed by atoms with Crippen LogP contribution in [0.15, 0.2) is 23.1 Å². The first-order valence-corrected chi connectivity index (χ1v) is 8.42. The Hall–Kier alpha value is -1.68. The van der Waals surface area contributed by atoms with Gasteiger partial charge in [0.05, 0.1) is 23.8 Å². The number of sulfonamides is 1. The van der Waals surface area contributed by atoms with Crippen LogP contribution >= 0.6 is 0 Å². The third-order valence-electron chi connectivity index (χ3n) is 2.97. The maximum atomic E-state index is 12.2. The molecule has 1 aromatic rings. The Labute approximate surface area is 136 Å². The van der Waals surface area contributed by atoms with Gasteiger partial charge >= 0.3 is 0 Å². The summed E-state index contributed by atoms with van der Waals surface area (Å²) in [5.74, 6) is -0.129. The number of carbonyl (C=O) groups is 1. The van der Waals surface area contributed by atoms with Gasteiger partial charge in [-0.05, 0) is 25.1 Å². The first kappa shape index (κ1) is 19.4. The number of hydrogen-bond donors (Lipinski definition) is 2. The average Bonchev–Trinajstić information content (AvgIpc) is 2.49. The lowest BCUT2D eigenvalue weighted by Crippen LogP contribution is -2.39. The molecule has 0 radical (unpaired) electrons. The lowest BCUT2D eigenvalue weighted by Gasteiger charge is -2.17. The first-order valence-electron chi connectivity index (χ1n) is 6.98. The Balaban J connectivity index is 3.19. The Morgan fingerprint density at radius 2 is 2.04 bits per heavy atom. The molecule has 0 saturated carbocycles. The van der Waals surface area contributed by atoms with E-state index < -0.39 is 22.0 Å². The lowest BCUT2D eigenvalue weighted by molar-refractivity contribution is -0.118. The van der Waals surface area contributed by atoms with Gasteiger partial charge in [0.25, 0.3) is 0 Å². The van der Waals surface area contributed by atoms with Gasteiger partial charge in [-0.25, -0.2) is 12.7 Å². The molecule has 130 valence electrons. The second kappa shape index (κ2) is 8.25. The summed E-state index contributed by atoms with van der Waals surface area (Å²) in [4.78, 5) is 12.1. The Bertz CT molecular complexity index is 646. The van der Waals surface area contributed by atoms with E-state index in [9.17, 15) is 13.2 Å². The summed E-state index contributed by atoms with van der Waals surface area (Å²) in [6.07, 6.45) is 0. The minimum Gasteiger partial charge on any atom is -0.492 e. The highest BCUT2D eigenvalue weighted by Gasteiger charge is 2.21. The molecule has 1 rings (SSSR count). The van der Waals surface area contributed by atoms with Gasteiger partial charge in [0, 0.05) is 21.2 Å². The van der Waals surface area contributed by atoms with Gasteiger partial charge in [-0.3, -0.25) is 4.79 Å². The Kier molecular flexibility index (Phi) is 6.95. The number of hydrogen-bond acceptors (Lipinski definition) is 6. The van der Waals surface area contributed by atoms with Crippen LogP contribution in [0.3, 0.4) is 0 Å². The van der Waals surface area contributed by atoms with Gasteiger partial charge in [0.15, 0.2) is 0 Å². The number of nitrogens with two attached hydrogens (primary N) is 1. The molecule has 0 aliphatic heterocycles. The normalized spacial score (nSPS) is 13.0. The van der Waals surface area contributed by atoms with Gasteiger partial charge in [-0.1, -0.05) is 0 Å². The SMILES string of the molecule is CCOc1ccc(S(=O)(=O)N(C)C)cc1NC(=O)C(N)COC. The topological polar surface area (TPSA) is 111 Å². The summed E-state index contributed by atoms with van der Waals surface area (Å²) in [5, 5.41) is 2.58. The number of amides is 1. The van der Waals surface area contributed by atoms with E-state index in [2.05, 4.69) is 5.32 Å². The standard InChI is InChI=1S/C14H23N3O5S/c1-5-22-13-7-6-10(23(19,20)17(2)3)8-12(13)16-14(18)11(15)9-21-4/h6-8,11H,5,9,15H2,1-4H3,(H,16,18). The third-order valence-corrected chi connectivity index (χ3v) is 4.78. The second-order valence-electron chi connectivity index (χ2n) is 4.93. The van der Waals surface area contributed by atoms with Gasteiger partial charge in [-0.2, -0.15) is 0 Å². The summed E-state index contributed by atoms with van der Waals surface area (Å²) in [5.41, 5.74) is 5.91. The average molecular weight is 345 g/mol. The van der Waals surface area contributed by atoms with E-state index in [1.165, 1.54) is 39.4 Å². The van der Waals surface area contributed by atoms with Crippen LogP contribution in [0.1, 0.15) is 6.92 Å². The van der Waals surface area contributed by atoms with Crippen molar-refractivity contribution in [2.45, 2.75) is 17.9 Å². The van der Waals surface area contributed by atoms with Crippen LogP contribution in [0.2, 0.25) is 0 Å². The van der Waals surface area contributed by atoms with E-state index in [-0.39, 0.29) is 17.2 Å². The summed E-state index contributed by atoms with van der Waals surface area (Å²) in [6, 6.07) is 3.39. The molecule has 0 spiro atoms. The number of carbonyl (C=O) groups excluding carboxylic acids is 1. The minimum absolute atomic E-state index is 0.0431. The zero-order valence-electron chi connectivity index (χ0n) is 13.7. The van der Waals surface area contributed by atoms with Crippen molar-refractivity contribution in [1.29, 1.82) is 0 Å². The molecule has 1 unspecified atom stereocenters. The molecule has 8 nitrogen and oxygen atoms in total. The number of ether oxygens (including phenoxy) is 2. The fourth-order valence-electron chi connectivity index (χ4n) is 1.74. The largest absolute Gasteiger partial charge is 0.492 e. The molecule has 9 heteroatoms. The smallest absolute Gasteiger partial charge is 0.243 e. The number of benzene rings is 1. The summed E-state index contributed by atoms with van der Waals surface area (Å²) in [6.45, 7) is 2.20. The number of methoxy groups -OCH3 is 1. The molecule has 0 heterocycles. The zero-order chi connectivity index (χ0) is 17.6. The van der Waals surface area contributed by atoms with Crippen molar-refractivity contribution in [1.82, 2.24) is 4.31 Å². The van der Waals surface area contributed by atoms with Crippen LogP contribution in [0.4, 0.5) is 5.69 Å². The van der Waals surface area contributed by atoms with Crippen LogP contribution in [-0.2, 0) is 19.6 Å². The Morgan fingerprint density at radius 1 is 1.39 bits per heavy atom. The molecule has 0 aromatic heterocycles. The molecule has 23 heavy (non-hydrogen) atoms. The van der Waals surface area contributed by atoms with Crippen molar-refractivity contribution in [3.63, 3.8) is 0 Å². The van der Waals surface area contributed by atoms with E-state index >= 15 is 0 Å². The van der Waals surface area contributed by atoms with Crippen molar-refractivity contribution in [2.24, 2.45) is 5.73 Å². The molecular weight excluding hydrogens is 322 g/mol. The van der Waals surface area contributed by atoms with Crippen molar-refractivity contribution in [3.05, 3.63) is 18.2 Å². The first-order chi connectivity index (χ1) is 10.7. The molecular formula is C14H23N3O5S. The molecule has 0 aliphatic carbocycles. The number of anilines is 1. The van der Waals surface area contributed by atoms with E-state index in [0.717, 1.165) is 4.31 Å². The lowest BCUT2D eigenvalue weighted by atomic mass is 10.2. The highest BCUT2D eigenvalue weighted by molar-refractivity contribution is 7.89. The zero-order valence-corrected chi connectivity index (χ0v) is 14.5. The van der Waals surface area contributed by atoms with Crippen molar-refractivity contribution in [2.75, 3.05) is 39.7 Å². The fraction of sp³-hybridized carbons (Fsp3) is 0.500. The monoisotopic (exact) mass is 345 g/mol. The number of nitrogens with one attached hydrogen (secondary N) is 1. The Morgan fingerprint density at radius 3 is 2.57 bits per heavy atom. The molecule has 0 fully saturated rings. The maximum Gasteiger partial charge on any atom is 0.243 e. The van der Waals surface area contributed by atoms with Gasteiger partial charge in [0.1, 0.15) is 11.8 Å². The molecule has 1 amide bonds. The van der Waals surface area contributed by atoms with Crippen LogP contribution in [0.5, 0.6) is 5.75 Å². The van der Waals surface area contributed by atoms with Crippen LogP contribution in [0.25, 0.3) is 0 Å². The van der Waals surface area contributed by atoms with Crippen molar-refractivity contribution in [3.8, 4) is 5.75 Å². The summed E-state index contributed by atoms with van der Waals surface area (Å²) >= 11 is 0. The van der Waals surface area contributed by atoms with Crippen molar-refractivity contribution < 1.29 is 22.7 Å². The molecule has 0 bridgehead atoms. The fourth-order valence-corrected chi connectivity index (χ4v) is 2.67. The molecule has 1 aromatic carbocycles. The van der Waals surface area contributed by atoms with Crippen molar-refractivity contribution >= 4 is 21.6 Å². The molecule has 0 aliphatic rings. The minimum atomic E-state index is -3.63.